The predicted molar refractivity (Wildman–Crippen MR) is 142 cm³/mol. The van der Waals surface area contributed by atoms with Crippen LogP contribution in [0.1, 0.15) is 60.8 Å². The first kappa shape index (κ1) is 35.9. The molecule has 0 aromatic carbocycles. The van der Waals surface area contributed by atoms with Crippen LogP contribution in [0, 0.1) is 5.41 Å². The van der Waals surface area contributed by atoms with Gasteiger partial charge in [0.2, 0.25) is 11.8 Å². The molecule has 0 radical (unpaired) electrons. The second-order valence-electron chi connectivity index (χ2n) is 10.5. The molecule has 1 unspecified atom stereocenters. The predicted octanol–water partition coefficient (Wildman–Crippen LogP) is 0.912. The van der Waals surface area contributed by atoms with Crippen LogP contribution in [0.15, 0.2) is 0 Å². The first-order valence-electron chi connectivity index (χ1n) is 13.2. The Labute approximate surface area is 226 Å². The fraction of sp³-hybridized carbons (Fsp3) is 0.846. The van der Waals surface area contributed by atoms with Gasteiger partial charge in [0.05, 0.1) is 39.6 Å². The molecule has 0 aliphatic carbocycles. The quantitative estimate of drug-likeness (QED) is 0.135. The summed E-state index contributed by atoms with van der Waals surface area (Å²) in [6.07, 6.45) is 0.741. The monoisotopic (exact) mass is 547 g/mol. The molecule has 1 atom stereocenters. The topological polar surface area (TPSA) is 162 Å². The van der Waals surface area contributed by atoms with Crippen molar-refractivity contribution in [3.8, 4) is 0 Å². The zero-order valence-electron chi connectivity index (χ0n) is 24.0. The average molecular weight is 548 g/mol. The number of carboxylic acids is 1. The number of carbonyl (C=O) groups excluding carboxylic acids is 3. The maximum Gasteiger partial charge on any atom is 0.326 e. The molecule has 4 N–H and O–H groups in total. The molecule has 0 spiro atoms. The van der Waals surface area contributed by atoms with Gasteiger partial charge in [-0.3, -0.25) is 14.4 Å². The molecule has 38 heavy (non-hydrogen) atoms. The highest BCUT2D eigenvalue weighted by atomic mass is 16.5. The van der Waals surface area contributed by atoms with Crippen LogP contribution in [0.3, 0.4) is 0 Å². The Bertz CT molecular complexity index is 709. The number of nitrogens with one attached hydrogen (secondary N) is 3. The van der Waals surface area contributed by atoms with Crippen LogP contribution in [0.5, 0.6) is 0 Å². The van der Waals surface area contributed by atoms with Crippen LogP contribution < -0.4 is 16.0 Å². The van der Waals surface area contributed by atoms with Crippen molar-refractivity contribution in [1.29, 1.82) is 0 Å². The molecule has 0 saturated heterocycles. The summed E-state index contributed by atoms with van der Waals surface area (Å²) >= 11 is 0. The summed E-state index contributed by atoms with van der Waals surface area (Å²) in [5, 5.41) is 17.7. The number of Topliss-reactive ketones (excluding diaryl/α,β-unsaturated/α-hetero) is 1. The van der Waals surface area contributed by atoms with Gasteiger partial charge in [-0.25, -0.2) is 4.79 Å². The number of ether oxygens (including phenoxy) is 4. The molecular weight excluding hydrogens is 498 g/mol. The molecule has 0 fully saturated rings. The van der Waals surface area contributed by atoms with Gasteiger partial charge in [-0.05, 0) is 33.6 Å². The van der Waals surface area contributed by atoms with Crippen LogP contribution in [0.2, 0.25) is 0 Å². The van der Waals surface area contributed by atoms with Gasteiger partial charge in [-0.2, -0.15) is 0 Å². The van der Waals surface area contributed by atoms with Gasteiger partial charge < -0.3 is 40.0 Å². The van der Waals surface area contributed by atoms with Crippen LogP contribution in [-0.4, -0.2) is 106 Å². The van der Waals surface area contributed by atoms with Crippen molar-refractivity contribution < 1.29 is 43.2 Å². The first-order chi connectivity index (χ1) is 17.8. The lowest BCUT2D eigenvalue weighted by Gasteiger charge is -2.22. The summed E-state index contributed by atoms with van der Waals surface area (Å²) < 4.78 is 21.2. The van der Waals surface area contributed by atoms with Crippen LogP contribution in [-0.2, 0) is 38.1 Å². The fourth-order valence-electron chi connectivity index (χ4n) is 2.89. The Hall–Kier alpha value is -2.12. The smallest absolute Gasteiger partial charge is 0.326 e. The van der Waals surface area contributed by atoms with E-state index in [-0.39, 0.29) is 63.1 Å². The second kappa shape index (κ2) is 19.9. The van der Waals surface area contributed by atoms with E-state index in [1.807, 2.05) is 20.8 Å². The fourth-order valence-corrected chi connectivity index (χ4v) is 2.89. The first-order valence-corrected chi connectivity index (χ1v) is 13.2. The number of amides is 2. The highest BCUT2D eigenvalue weighted by Gasteiger charge is 2.27. The van der Waals surface area contributed by atoms with Crippen molar-refractivity contribution in [2.24, 2.45) is 5.41 Å². The molecule has 222 valence electrons. The van der Waals surface area contributed by atoms with Crippen molar-refractivity contribution in [2.75, 3.05) is 65.9 Å². The number of carboxylic acid groups (broad SMARTS) is 1. The van der Waals surface area contributed by atoms with Gasteiger partial charge in [0, 0.05) is 30.5 Å². The zero-order chi connectivity index (χ0) is 29.0. The van der Waals surface area contributed by atoms with Gasteiger partial charge in [0.25, 0.3) is 0 Å². The maximum absolute atomic E-state index is 12.2. The van der Waals surface area contributed by atoms with E-state index in [0.717, 1.165) is 6.54 Å². The Morgan fingerprint density at radius 1 is 0.763 bits per heavy atom. The Kier molecular flexibility index (Phi) is 18.8. The summed E-state index contributed by atoms with van der Waals surface area (Å²) in [6, 6.07) is -1.16. The van der Waals surface area contributed by atoms with E-state index in [4.69, 9.17) is 18.9 Å². The third-order valence-electron chi connectivity index (χ3n) is 5.61. The molecule has 0 rings (SSSR count). The Morgan fingerprint density at radius 2 is 1.29 bits per heavy atom. The van der Waals surface area contributed by atoms with E-state index >= 15 is 0 Å². The number of carbonyl (C=O) groups is 4. The summed E-state index contributed by atoms with van der Waals surface area (Å²) in [4.78, 5) is 47.3. The third kappa shape index (κ3) is 19.9. The lowest BCUT2D eigenvalue weighted by atomic mass is 9.83. The number of rotatable bonds is 23. The molecule has 0 aliphatic rings. The maximum atomic E-state index is 12.2. The van der Waals surface area contributed by atoms with Crippen LogP contribution in [0.25, 0.3) is 0 Å². The molecule has 2 amide bonds. The van der Waals surface area contributed by atoms with Gasteiger partial charge in [0.15, 0.2) is 0 Å². The van der Waals surface area contributed by atoms with Gasteiger partial charge >= 0.3 is 5.97 Å². The van der Waals surface area contributed by atoms with E-state index in [9.17, 15) is 24.3 Å². The van der Waals surface area contributed by atoms with Crippen molar-refractivity contribution in [1.82, 2.24) is 16.0 Å². The molecule has 0 aromatic rings. The summed E-state index contributed by atoms with van der Waals surface area (Å²) in [7, 11) is 0. The second-order valence-corrected chi connectivity index (χ2v) is 10.5. The van der Waals surface area contributed by atoms with Gasteiger partial charge in [-0.15, -0.1) is 0 Å². The Balaban J connectivity index is 3.75. The molecule has 12 heteroatoms. The molecule has 0 aliphatic heterocycles. The molecule has 12 nitrogen and oxygen atoms in total. The summed E-state index contributed by atoms with van der Waals surface area (Å²) in [5.41, 5.74) is -0.472. The molecule has 0 bridgehead atoms. The molecule has 0 heterocycles. The van der Waals surface area contributed by atoms with E-state index in [2.05, 4.69) is 36.7 Å². The SMILES string of the molecule is CCC(C)(C)C(=O)CCC(NC(=O)COCCOCCNC(=O)COCCOCCNC(C)(C)C)C(=O)O. The van der Waals surface area contributed by atoms with Gasteiger partial charge in [-0.1, -0.05) is 20.8 Å². The van der Waals surface area contributed by atoms with E-state index in [1.165, 1.54) is 0 Å². The van der Waals surface area contributed by atoms with E-state index < -0.39 is 23.3 Å². The lowest BCUT2D eigenvalue weighted by molar-refractivity contribution is -0.143. The highest BCUT2D eigenvalue weighted by molar-refractivity contribution is 5.86. The van der Waals surface area contributed by atoms with E-state index in [1.54, 1.807) is 0 Å². The number of ketones is 1. The normalized spacial score (nSPS) is 12.7. The van der Waals surface area contributed by atoms with Crippen LogP contribution in [0.4, 0.5) is 0 Å². The number of aliphatic carboxylic acids is 1. The minimum Gasteiger partial charge on any atom is -0.480 e. The zero-order valence-corrected chi connectivity index (χ0v) is 24.0. The third-order valence-corrected chi connectivity index (χ3v) is 5.61. The average Bonchev–Trinajstić information content (AvgIpc) is 2.83. The molecule has 0 aromatic heterocycles. The van der Waals surface area contributed by atoms with Crippen molar-refractivity contribution >= 4 is 23.6 Å². The number of hydrogen-bond acceptors (Lipinski definition) is 9. The van der Waals surface area contributed by atoms with Crippen LogP contribution >= 0.6 is 0 Å². The van der Waals surface area contributed by atoms with Crippen molar-refractivity contribution in [3.63, 3.8) is 0 Å². The Morgan fingerprint density at radius 3 is 1.82 bits per heavy atom. The van der Waals surface area contributed by atoms with Crippen molar-refractivity contribution in [2.45, 2.75) is 72.4 Å². The number of hydrogen-bond donors (Lipinski definition) is 4. The molecular formula is C26H49N3O9. The lowest BCUT2D eigenvalue weighted by Crippen LogP contribution is -2.43. The summed E-state index contributed by atoms with van der Waals surface area (Å²) in [6.45, 7) is 14.3. The highest BCUT2D eigenvalue weighted by Crippen LogP contribution is 2.23. The minimum atomic E-state index is -1.20. The largest absolute Gasteiger partial charge is 0.480 e. The van der Waals surface area contributed by atoms with Gasteiger partial charge in [0.1, 0.15) is 25.0 Å². The molecule has 0 saturated carbocycles. The summed E-state index contributed by atoms with van der Waals surface area (Å²) in [5.74, 6) is -2.08. The van der Waals surface area contributed by atoms with E-state index in [0.29, 0.717) is 32.8 Å². The van der Waals surface area contributed by atoms with Crippen molar-refractivity contribution in [3.05, 3.63) is 0 Å². The standard InChI is InChI=1S/C26H49N3O9/c1-7-26(5,6)21(30)9-8-20(24(33)34)29-23(32)19-38-17-14-35-12-10-27-22(31)18-37-16-15-36-13-11-28-25(2,3)4/h20,28H,7-19H2,1-6H3,(H,27,31)(H,29,32)(H,33,34). The minimum absolute atomic E-state index is 0.0202.